The van der Waals surface area contributed by atoms with Gasteiger partial charge in [0.25, 0.3) is 0 Å². The molecule has 0 aliphatic rings. The maximum absolute atomic E-state index is 11.6. The Kier molecular flexibility index (Phi) is 3.68. The monoisotopic (exact) mass is 212 g/mol. The molecule has 6 nitrogen and oxygen atoms in total. The van der Waals surface area contributed by atoms with Crippen molar-refractivity contribution in [1.82, 2.24) is 14.7 Å². The highest BCUT2D eigenvalue weighted by Crippen LogP contribution is 2.00. The van der Waals surface area contributed by atoms with Crippen molar-refractivity contribution in [3.8, 4) is 0 Å². The van der Waals surface area contributed by atoms with E-state index in [1.807, 2.05) is 0 Å². The number of likely N-dealkylation sites (N-methyl/N-ethyl adjacent to an activating group) is 1. The Hall–Kier alpha value is -1.56. The molecule has 0 saturated carbocycles. The maximum Gasteiger partial charge on any atom is 0.244 e. The molecule has 1 rings (SSSR count). The summed E-state index contributed by atoms with van der Waals surface area (Å²) in [7, 11) is 1.65. The molecule has 0 fully saturated rings. The van der Waals surface area contributed by atoms with Crippen molar-refractivity contribution in [3.63, 3.8) is 0 Å². The van der Waals surface area contributed by atoms with Gasteiger partial charge in [-0.15, -0.1) is 0 Å². The predicted octanol–water partition coefficient (Wildman–Crippen LogP) is -0.696. The average molecular weight is 212 g/mol. The normalized spacial score (nSPS) is 12.5. The molecule has 0 aromatic carbocycles. The molecule has 0 aliphatic carbocycles. The van der Waals surface area contributed by atoms with Crippen LogP contribution in [-0.2, 0) is 11.3 Å². The van der Waals surface area contributed by atoms with Gasteiger partial charge >= 0.3 is 0 Å². The molecule has 0 saturated heterocycles. The molecule has 84 valence electrons. The van der Waals surface area contributed by atoms with Crippen molar-refractivity contribution in [2.24, 2.45) is 0 Å². The first kappa shape index (κ1) is 11.5. The summed E-state index contributed by atoms with van der Waals surface area (Å²) in [5, 5.41) is 12.8. The van der Waals surface area contributed by atoms with Gasteiger partial charge in [0.2, 0.25) is 5.91 Å². The molecule has 1 aromatic heterocycles. The number of carbonyl (C=O) groups excluding carboxylic acids is 1. The average Bonchev–Trinajstić information content (AvgIpc) is 2.61. The Morgan fingerprint density at radius 1 is 1.80 bits per heavy atom. The van der Waals surface area contributed by atoms with E-state index in [2.05, 4.69) is 5.10 Å². The van der Waals surface area contributed by atoms with Crippen molar-refractivity contribution in [2.45, 2.75) is 19.5 Å². The lowest BCUT2D eigenvalue weighted by atomic mass is 10.3. The predicted molar refractivity (Wildman–Crippen MR) is 56.0 cm³/mol. The van der Waals surface area contributed by atoms with E-state index >= 15 is 0 Å². The highest BCUT2D eigenvalue weighted by atomic mass is 16.3. The fraction of sp³-hybridized carbons (Fsp3) is 0.556. The van der Waals surface area contributed by atoms with Gasteiger partial charge in [-0.05, 0) is 13.0 Å². The van der Waals surface area contributed by atoms with Crippen LogP contribution in [0.15, 0.2) is 12.3 Å². The summed E-state index contributed by atoms with van der Waals surface area (Å²) < 4.78 is 1.47. The van der Waals surface area contributed by atoms with Crippen molar-refractivity contribution < 1.29 is 9.90 Å². The minimum absolute atomic E-state index is 0.0521. The first-order valence-electron chi connectivity index (χ1n) is 4.70. The zero-order valence-corrected chi connectivity index (χ0v) is 8.92. The summed E-state index contributed by atoms with van der Waals surface area (Å²) in [6.07, 6.45) is 1.64. The summed E-state index contributed by atoms with van der Waals surface area (Å²) in [4.78, 5) is 13.1. The second kappa shape index (κ2) is 4.79. The van der Waals surface area contributed by atoms with Crippen LogP contribution >= 0.6 is 0 Å². The number of aliphatic hydroxyl groups is 1. The van der Waals surface area contributed by atoms with Gasteiger partial charge in [-0.1, -0.05) is 0 Å². The smallest absolute Gasteiger partial charge is 0.244 e. The molecule has 3 N–H and O–H groups in total. The largest absolute Gasteiger partial charge is 0.394 e. The number of rotatable bonds is 4. The number of nitrogens with zero attached hydrogens (tertiary/aromatic N) is 3. The third kappa shape index (κ3) is 2.95. The summed E-state index contributed by atoms with van der Waals surface area (Å²) in [6.45, 7) is 1.86. The van der Waals surface area contributed by atoms with Crippen LogP contribution in [-0.4, -0.2) is 45.4 Å². The molecule has 0 bridgehead atoms. The number of aliphatic hydroxyl groups excluding tert-OH is 1. The van der Waals surface area contributed by atoms with E-state index in [1.165, 1.54) is 9.58 Å². The van der Waals surface area contributed by atoms with Crippen LogP contribution in [0.1, 0.15) is 6.92 Å². The Labute approximate surface area is 88.3 Å². The van der Waals surface area contributed by atoms with Gasteiger partial charge in [0.05, 0.1) is 12.6 Å². The van der Waals surface area contributed by atoms with Crippen LogP contribution in [0, 0.1) is 0 Å². The van der Waals surface area contributed by atoms with Crippen LogP contribution < -0.4 is 5.73 Å². The summed E-state index contributed by atoms with van der Waals surface area (Å²) in [5.41, 5.74) is 5.42. The Bertz CT molecular complexity index is 337. The Morgan fingerprint density at radius 2 is 2.47 bits per heavy atom. The molecule has 15 heavy (non-hydrogen) atoms. The Morgan fingerprint density at radius 3 is 2.93 bits per heavy atom. The van der Waals surface area contributed by atoms with Crippen molar-refractivity contribution in [3.05, 3.63) is 12.3 Å². The van der Waals surface area contributed by atoms with Gasteiger partial charge in [-0.25, -0.2) is 0 Å². The molecule has 1 amide bonds. The molecule has 1 aromatic rings. The Balaban J connectivity index is 2.55. The van der Waals surface area contributed by atoms with Gasteiger partial charge in [-0.3, -0.25) is 9.48 Å². The summed E-state index contributed by atoms with van der Waals surface area (Å²) >= 11 is 0. The molecule has 1 heterocycles. The number of amides is 1. The molecule has 0 aliphatic heterocycles. The van der Waals surface area contributed by atoms with Crippen LogP contribution in [0.3, 0.4) is 0 Å². The molecular weight excluding hydrogens is 196 g/mol. The number of aromatic nitrogens is 2. The van der Waals surface area contributed by atoms with Crippen molar-refractivity contribution >= 4 is 11.7 Å². The second-order valence-corrected chi connectivity index (χ2v) is 3.47. The van der Waals surface area contributed by atoms with Gasteiger partial charge in [0, 0.05) is 13.2 Å². The van der Waals surface area contributed by atoms with Gasteiger partial charge in [0.1, 0.15) is 12.4 Å². The van der Waals surface area contributed by atoms with E-state index in [4.69, 9.17) is 10.8 Å². The van der Waals surface area contributed by atoms with Gasteiger partial charge in [-0.2, -0.15) is 5.10 Å². The number of nitrogens with two attached hydrogens (primary N) is 1. The molecule has 0 spiro atoms. The van der Waals surface area contributed by atoms with Crippen LogP contribution in [0.25, 0.3) is 0 Å². The highest BCUT2D eigenvalue weighted by Gasteiger charge is 2.15. The van der Waals surface area contributed by atoms with E-state index in [1.54, 1.807) is 26.2 Å². The fourth-order valence-corrected chi connectivity index (χ4v) is 1.08. The fourth-order valence-electron chi connectivity index (χ4n) is 1.08. The number of hydrogen-bond donors (Lipinski definition) is 2. The summed E-state index contributed by atoms with van der Waals surface area (Å²) in [6, 6.07) is 1.44. The maximum atomic E-state index is 11.6. The topological polar surface area (TPSA) is 84.4 Å². The lowest BCUT2D eigenvalue weighted by molar-refractivity contribution is -0.133. The molecule has 0 radical (unpaired) electrons. The minimum Gasteiger partial charge on any atom is -0.394 e. The van der Waals surface area contributed by atoms with Crippen molar-refractivity contribution in [2.75, 3.05) is 19.4 Å². The quantitative estimate of drug-likeness (QED) is 0.691. The van der Waals surface area contributed by atoms with E-state index < -0.39 is 0 Å². The van der Waals surface area contributed by atoms with Crippen molar-refractivity contribution in [1.29, 1.82) is 0 Å². The van der Waals surface area contributed by atoms with Crippen LogP contribution in [0.5, 0.6) is 0 Å². The standard InChI is InChI=1S/C9H16N4O2/c1-7(6-14)12(2)9(15)5-13-4-3-8(10)11-13/h3-4,7,14H,5-6H2,1-2H3,(H2,10,11). The SMILES string of the molecule is CC(CO)N(C)C(=O)Cn1ccc(N)n1. The van der Waals surface area contributed by atoms with E-state index in [9.17, 15) is 4.79 Å². The van der Waals surface area contributed by atoms with Crippen LogP contribution in [0.4, 0.5) is 5.82 Å². The van der Waals surface area contributed by atoms with Gasteiger partial charge < -0.3 is 15.7 Å². The summed E-state index contributed by atoms with van der Waals surface area (Å²) in [5.74, 6) is 0.278. The molecule has 1 atom stereocenters. The number of carbonyl (C=O) groups is 1. The minimum atomic E-state index is -0.189. The lowest BCUT2D eigenvalue weighted by Crippen LogP contribution is -2.39. The first-order valence-corrected chi connectivity index (χ1v) is 4.70. The first-order chi connectivity index (χ1) is 7.04. The van der Waals surface area contributed by atoms with E-state index in [0.29, 0.717) is 5.82 Å². The van der Waals surface area contributed by atoms with E-state index in [0.717, 1.165) is 0 Å². The lowest BCUT2D eigenvalue weighted by Gasteiger charge is -2.22. The molecule has 6 heteroatoms. The van der Waals surface area contributed by atoms with Crippen LogP contribution in [0.2, 0.25) is 0 Å². The third-order valence-corrected chi connectivity index (χ3v) is 2.28. The zero-order chi connectivity index (χ0) is 11.4. The number of hydrogen-bond acceptors (Lipinski definition) is 4. The molecule has 1 unspecified atom stereocenters. The second-order valence-electron chi connectivity index (χ2n) is 3.47. The highest BCUT2D eigenvalue weighted by molar-refractivity contribution is 5.75. The third-order valence-electron chi connectivity index (χ3n) is 2.28. The molecular formula is C9H16N4O2. The van der Waals surface area contributed by atoms with E-state index in [-0.39, 0.29) is 25.1 Å². The van der Waals surface area contributed by atoms with Gasteiger partial charge in [0.15, 0.2) is 0 Å². The zero-order valence-electron chi connectivity index (χ0n) is 8.92. The number of nitrogen functional groups attached to an aromatic ring is 1. The number of anilines is 1.